The Bertz CT molecular complexity index is 754. The van der Waals surface area contributed by atoms with E-state index in [4.69, 9.17) is 22.1 Å². The molecule has 0 aliphatic rings. The molecule has 0 atom stereocenters. The molecule has 1 heterocycles. The Morgan fingerprint density at radius 2 is 2.21 bits per heavy atom. The van der Waals surface area contributed by atoms with Gasteiger partial charge in [0.1, 0.15) is 11.4 Å². The summed E-state index contributed by atoms with van der Waals surface area (Å²) in [6, 6.07) is 5.21. The number of aromatic nitrogens is 1. The topological polar surface area (TPSA) is 95.7 Å². The van der Waals surface area contributed by atoms with Crippen LogP contribution < -0.4 is 15.8 Å². The van der Waals surface area contributed by atoms with Gasteiger partial charge in [0.05, 0.1) is 17.1 Å². The van der Waals surface area contributed by atoms with Gasteiger partial charge in [-0.05, 0) is 38.7 Å². The second-order valence-corrected chi connectivity index (χ2v) is 5.99. The van der Waals surface area contributed by atoms with Gasteiger partial charge in [-0.25, -0.2) is 0 Å². The van der Waals surface area contributed by atoms with Gasteiger partial charge in [-0.1, -0.05) is 11.6 Å². The number of H-pyrrole nitrogens is 1. The van der Waals surface area contributed by atoms with Crippen LogP contribution in [0.4, 0.5) is 0 Å². The first-order valence-electron chi connectivity index (χ1n) is 7.54. The number of carbonyl (C=O) groups excluding carboxylic acids is 1. The Hall–Kier alpha value is -2.25. The standard InChI is InChI=1S/C16H22ClN5O2/c1-19-16(18)21-15(23)12-9-10-11(17)5-6-13(14(10)20-12)24-8-4-7-22(2)3/h5-6,9,20H,4,7-8H2,1-3H3,(H3,18,19,21,23). The maximum absolute atomic E-state index is 12.1. The molecular formula is C16H22ClN5O2. The van der Waals surface area contributed by atoms with Crippen molar-refractivity contribution in [3.63, 3.8) is 0 Å². The average molecular weight is 352 g/mol. The minimum Gasteiger partial charge on any atom is -0.491 e. The number of guanidine groups is 1. The zero-order chi connectivity index (χ0) is 17.7. The first-order valence-corrected chi connectivity index (χ1v) is 7.92. The molecule has 0 spiro atoms. The number of benzene rings is 1. The van der Waals surface area contributed by atoms with Crippen molar-refractivity contribution in [3.8, 4) is 5.75 Å². The smallest absolute Gasteiger partial charge is 0.274 e. The Balaban J connectivity index is 2.21. The molecule has 24 heavy (non-hydrogen) atoms. The van der Waals surface area contributed by atoms with Crippen molar-refractivity contribution in [3.05, 3.63) is 28.9 Å². The summed E-state index contributed by atoms with van der Waals surface area (Å²) in [5, 5.41) is 3.74. The Morgan fingerprint density at radius 1 is 1.46 bits per heavy atom. The summed E-state index contributed by atoms with van der Waals surface area (Å²) in [6.07, 6.45) is 0.897. The van der Waals surface area contributed by atoms with Crippen molar-refractivity contribution < 1.29 is 9.53 Å². The van der Waals surface area contributed by atoms with Gasteiger partial charge in [-0.2, -0.15) is 0 Å². The van der Waals surface area contributed by atoms with E-state index in [1.54, 1.807) is 18.2 Å². The summed E-state index contributed by atoms with van der Waals surface area (Å²) in [6.45, 7) is 1.51. The van der Waals surface area contributed by atoms with E-state index in [0.717, 1.165) is 18.4 Å². The molecule has 2 rings (SSSR count). The van der Waals surface area contributed by atoms with Crippen LogP contribution in [0.3, 0.4) is 0 Å². The maximum atomic E-state index is 12.1. The quantitative estimate of drug-likeness (QED) is 0.420. The van der Waals surface area contributed by atoms with Crippen LogP contribution in [0.5, 0.6) is 5.75 Å². The monoisotopic (exact) mass is 351 g/mol. The van der Waals surface area contributed by atoms with Crippen LogP contribution in [0.1, 0.15) is 16.9 Å². The van der Waals surface area contributed by atoms with Crippen LogP contribution in [-0.2, 0) is 0 Å². The third-order valence-corrected chi connectivity index (χ3v) is 3.77. The second-order valence-electron chi connectivity index (χ2n) is 5.59. The molecule has 2 aromatic rings. The van der Waals surface area contributed by atoms with Gasteiger partial charge in [0.15, 0.2) is 5.96 Å². The first kappa shape index (κ1) is 18.1. The largest absolute Gasteiger partial charge is 0.491 e. The lowest BCUT2D eigenvalue weighted by molar-refractivity contribution is 0.0972. The number of amides is 1. The van der Waals surface area contributed by atoms with Crippen molar-refractivity contribution in [1.82, 2.24) is 15.2 Å². The molecule has 130 valence electrons. The molecule has 4 N–H and O–H groups in total. The fourth-order valence-corrected chi connectivity index (χ4v) is 2.42. The van der Waals surface area contributed by atoms with Gasteiger partial charge in [0, 0.05) is 19.0 Å². The molecule has 0 unspecified atom stereocenters. The molecule has 7 nitrogen and oxygen atoms in total. The molecule has 1 aromatic carbocycles. The number of nitrogens with zero attached hydrogens (tertiary/aromatic N) is 2. The lowest BCUT2D eigenvalue weighted by Crippen LogP contribution is -2.36. The van der Waals surface area contributed by atoms with Gasteiger partial charge in [0.2, 0.25) is 0 Å². The average Bonchev–Trinajstić information content (AvgIpc) is 2.99. The van der Waals surface area contributed by atoms with Gasteiger partial charge in [-0.3, -0.25) is 15.1 Å². The van der Waals surface area contributed by atoms with E-state index in [0.29, 0.717) is 28.6 Å². The Morgan fingerprint density at radius 3 is 2.88 bits per heavy atom. The van der Waals surface area contributed by atoms with Crippen molar-refractivity contribution in [2.24, 2.45) is 10.7 Å². The van der Waals surface area contributed by atoms with Crippen LogP contribution in [0.25, 0.3) is 10.9 Å². The summed E-state index contributed by atoms with van der Waals surface area (Å²) in [5.41, 5.74) is 6.54. The summed E-state index contributed by atoms with van der Waals surface area (Å²) >= 11 is 6.22. The number of carbonyl (C=O) groups is 1. The number of ether oxygens (including phenoxy) is 1. The Labute approximate surface area is 145 Å². The molecule has 0 aliphatic heterocycles. The predicted molar refractivity (Wildman–Crippen MR) is 97.0 cm³/mol. The number of rotatable bonds is 6. The molecule has 0 saturated heterocycles. The zero-order valence-electron chi connectivity index (χ0n) is 14.0. The molecular weight excluding hydrogens is 330 g/mol. The molecule has 1 aromatic heterocycles. The van der Waals surface area contributed by atoms with Crippen LogP contribution in [-0.4, -0.2) is 56.0 Å². The van der Waals surface area contributed by atoms with Crippen LogP contribution >= 0.6 is 11.6 Å². The van der Waals surface area contributed by atoms with Crippen molar-refractivity contribution in [2.45, 2.75) is 6.42 Å². The summed E-state index contributed by atoms with van der Waals surface area (Å²) < 4.78 is 5.82. The highest BCUT2D eigenvalue weighted by molar-refractivity contribution is 6.35. The fourth-order valence-electron chi connectivity index (χ4n) is 2.20. The number of nitrogens with one attached hydrogen (secondary N) is 2. The molecule has 0 saturated carbocycles. The third kappa shape index (κ3) is 4.39. The molecule has 0 bridgehead atoms. The van der Waals surface area contributed by atoms with Crippen molar-refractivity contribution in [1.29, 1.82) is 0 Å². The van der Waals surface area contributed by atoms with Gasteiger partial charge in [-0.15, -0.1) is 0 Å². The minimum atomic E-state index is -0.385. The predicted octanol–water partition coefficient (Wildman–Crippen LogP) is 1.83. The number of aliphatic imine (C=N–C) groups is 1. The van der Waals surface area contributed by atoms with Crippen LogP contribution in [0.15, 0.2) is 23.2 Å². The summed E-state index contributed by atoms with van der Waals surface area (Å²) in [4.78, 5) is 21.0. The van der Waals surface area contributed by atoms with Gasteiger partial charge in [0.25, 0.3) is 5.91 Å². The van der Waals surface area contributed by atoms with E-state index >= 15 is 0 Å². The van der Waals surface area contributed by atoms with Crippen molar-refractivity contribution in [2.75, 3.05) is 34.3 Å². The first-order chi connectivity index (χ1) is 11.4. The number of halogens is 1. The van der Waals surface area contributed by atoms with E-state index in [-0.39, 0.29) is 11.9 Å². The second kappa shape index (κ2) is 8.03. The normalized spacial score (nSPS) is 12.0. The van der Waals surface area contributed by atoms with E-state index in [1.807, 2.05) is 14.1 Å². The highest BCUT2D eigenvalue weighted by atomic mass is 35.5. The minimum absolute atomic E-state index is 0.0462. The van der Waals surface area contributed by atoms with E-state index < -0.39 is 0 Å². The molecule has 0 fully saturated rings. The highest BCUT2D eigenvalue weighted by Crippen LogP contribution is 2.32. The van der Waals surface area contributed by atoms with Crippen molar-refractivity contribution >= 4 is 34.4 Å². The number of hydrogen-bond donors (Lipinski definition) is 3. The number of nitrogens with two attached hydrogens (primary N) is 1. The SMILES string of the molecule is CN=C(N)NC(=O)c1cc2c(Cl)ccc(OCCCN(C)C)c2[nH]1. The molecule has 0 radical (unpaired) electrons. The molecule has 8 heteroatoms. The van der Waals surface area contributed by atoms with Gasteiger partial charge >= 0.3 is 0 Å². The maximum Gasteiger partial charge on any atom is 0.274 e. The van der Waals surface area contributed by atoms with Gasteiger partial charge < -0.3 is 20.4 Å². The lowest BCUT2D eigenvalue weighted by Gasteiger charge is -2.11. The Kier molecular flexibility index (Phi) is 6.05. The molecule has 0 aliphatic carbocycles. The summed E-state index contributed by atoms with van der Waals surface area (Å²) in [5.74, 6) is 0.318. The van der Waals surface area contributed by atoms with Crippen LogP contribution in [0, 0.1) is 0 Å². The zero-order valence-corrected chi connectivity index (χ0v) is 14.8. The summed E-state index contributed by atoms with van der Waals surface area (Å²) in [7, 11) is 5.53. The molecule has 1 amide bonds. The third-order valence-electron chi connectivity index (χ3n) is 3.44. The number of fused-ring (bicyclic) bond motifs is 1. The number of aromatic amines is 1. The number of hydrogen-bond acceptors (Lipinski definition) is 4. The highest BCUT2D eigenvalue weighted by Gasteiger charge is 2.15. The van der Waals surface area contributed by atoms with E-state index in [2.05, 4.69) is 20.2 Å². The van der Waals surface area contributed by atoms with E-state index in [9.17, 15) is 4.79 Å². The lowest BCUT2D eigenvalue weighted by atomic mass is 10.2. The fraction of sp³-hybridized carbons (Fsp3) is 0.375. The van der Waals surface area contributed by atoms with Crippen LogP contribution in [0.2, 0.25) is 5.02 Å². The van der Waals surface area contributed by atoms with E-state index in [1.165, 1.54) is 7.05 Å².